The third-order valence-electron chi connectivity index (χ3n) is 3.91. The normalized spacial score (nSPS) is 10.5. The molecule has 2 aromatic heterocycles. The molecule has 0 radical (unpaired) electrons. The number of hydrogen-bond acceptors (Lipinski definition) is 6. The molecule has 0 N–H and O–H groups in total. The van der Waals surface area contributed by atoms with Gasteiger partial charge in [-0.2, -0.15) is 0 Å². The summed E-state index contributed by atoms with van der Waals surface area (Å²) in [7, 11) is 3.28. The zero-order valence-electron chi connectivity index (χ0n) is 15.5. The summed E-state index contributed by atoms with van der Waals surface area (Å²) in [6.07, 6.45) is 3.03. The van der Waals surface area contributed by atoms with Gasteiger partial charge >= 0.3 is 0 Å². The lowest BCUT2D eigenvalue weighted by molar-refractivity contribution is 0.0777. The number of methoxy groups -OCH3 is 1. The van der Waals surface area contributed by atoms with E-state index in [4.69, 9.17) is 13.9 Å². The summed E-state index contributed by atoms with van der Waals surface area (Å²) >= 11 is 0. The molecule has 0 atom stereocenters. The Kier molecular flexibility index (Phi) is 5.71. The highest BCUT2D eigenvalue weighted by atomic mass is 16.5. The van der Waals surface area contributed by atoms with Gasteiger partial charge in [0.05, 0.1) is 19.3 Å². The molecule has 1 aromatic carbocycles. The lowest BCUT2D eigenvalue weighted by atomic mass is 10.2. The van der Waals surface area contributed by atoms with Gasteiger partial charge in [-0.3, -0.25) is 9.78 Å². The Balaban J connectivity index is 1.62. The summed E-state index contributed by atoms with van der Waals surface area (Å²) in [6, 6.07) is 11.2. The number of amides is 1. The molecule has 1 amide bonds. The molecule has 0 aliphatic heterocycles. The van der Waals surface area contributed by atoms with Crippen molar-refractivity contribution in [2.45, 2.75) is 20.1 Å². The van der Waals surface area contributed by atoms with Crippen molar-refractivity contribution in [2.75, 3.05) is 14.2 Å². The zero-order valence-corrected chi connectivity index (χ0v) is 15.5. The standard InChI is InChI=1S/C20H21N3O4/c1-14-7-8-17(18(10-14)25-3)26-13-19-22-16(12-27-19)20(24)23(2)11-15-6-4-5-9-21-15/h4-10,12H,11,13H2,1-3H3. The molecule has 7 nitrogen and oxygen atoms in total. The van der Waals surface area contributed by atoms with E-state index < -0.39 is 0 Å². The molecule has 0 fully saturated rings. The zero-order chi connectivity index (χ0) is 19.2. The minimum Gasteiger partial charge on any atom is -0.493 e. The fraction of sp³-hybridized carbons (Fsp3) is 0.250. The van der Waals surface area contributed by atoms with Crippen LogP contribution in [0.4, 0.5) is 0 Å². The van der Waals surface area contributed by atoms with Crippen LogP contribution in [0.15, 0.2) is 53.3 Å². The van der Waals surface area contributed by atoms with Crippen LogP contribution in [0.25, 0.3) is 0 Å². The van der Waals surface area contributed by atoms with Crippen LogP contribution >= 0.6 is 0 Å². The van der Waals surface area contributed by atoms with E-state index in [1.54, 1.807) is 20.4 Å². The number of oxazole rings is 1. The molecular weight excluding hydrogens is 346 g/mol. The second kappa shape index (κ2) is 8.35. The molecule has 0 unspecified atom stereocenters. The summed E-state index contributed by atoms with van der Waals surface area (Å²) in [4.78, 5) is 22.5. The highest BCUT2D eigenvalue weighted by Gasteiger charge is 2.18. The van der Waals surface area contributed by atoms with E-state index in [1.807, 2.05) is 43.3 Å². The van der Waals surface area contributed by atoms with Crippen LogP contribution in [0.1, 0.15) is 27.6 Å². The van der Waals surface area contributed by atoms with Gasteiger partial charge in [0.2, 0.25) is 5.89 Å². The van der Waals surface area contributed by atoms with E-state index in [9.17, 15) is 4.79 Å². The third kappa shape index (κ3) is 4.63. The van der Waals surface area contributed by atoms with Gasteiger partial charge in [-0.1, -0.05) is 12.1 Å². The molecule has 0 spiro atoms. The first-order chi connectivity index (χ1) is 13.1. The van der Waals surface area contributed by atoms with Crippen molar-refractivity contribution < 1.29 is 18.7 Å². The molecule has 2 heterocycles. The predicted octanol–water partition coefficient (Wildman–Crippen LogP) is 3.24. The number of pyridine rings is 1. The van der Waals surface area contributed by atoms with E-state index >= 15 is 0 Å². The maximum Gasteiger partial charge on any atom is 0.275 e. The number of hydrogen-bond donors (Lipinski definition) is 0. The van der Waals surface area contributed by atoms with E-state index in [0.29, 0.717) is 23.9 Å². The highest BCUT2D eigenvalue weighted by Crippen LogP contribution is 2.28. The quantitative estimate of drug-likeness (QED) is 0.638. The van der Waals surface area contributed by atoms with E-state index in [0.717, 1.165) is 11.3 Å². The number of aromatic nitrogens is 2. The van der Waals surface area contributed by atoms with E-state index in [1.165, 1.54) is 11.2 Å². The monoisotopic (exact) mass is 367 g/mol. The minimum atomic E-state index is -0.247. The van der Waals surface area contributed by atoms with Gasteiger partial charge in [-0.25, -0.2) is 4.98 Å². The molecule has 3 rings (SSSR count). The summed E-state index contributed by atoms with van der Waals surface area (Å²) in [5, 5.41) is 0. The lowest BCUT2D eigenvalue weighted by Crippen LogP contribution is -2.26. The molecule has 0 bridgehead atoms. The van der Waals surface area contributed by atoms with Crippen LogP contribution in [0, 0.1) is 6.92 Å². The maximum absolute atomic E-state index is 12.5. The first-order valence-corrected chi connectivity index (χ1v) is 8.44. The van der Waals surface area contributed by atoms with Crippen molar-refractivity contribution in [3.05, 3.63) is 71.7 Å². The third-order valence-corrected chi connectivity index (χ3v) is 3.91. The van der Waals surface area contributed by atoms with Gasteiger partial charge in [0.15, 0.2) is 23.8 Å². The van der Waals surface area contributed by atoms with Crippen molar-refractivity contribution in [2.24, 2.45) is 0 Å². The second-order valence-electron chi connectivity index (χ2n) is 6.05. The van der Waals surface area contributed by atoms with Crippen LogP contribution in [0.3, 0.4) is 0 Å². The molecule has 3 aromatic rings. The molecule has 0 saturated heterocycles. The Morgan fingerprint density at radius 1 is 1.22 bits per heavy atom. The van der Waals surface area contributed by atoms with E-state index in [-0.39, 0.29) is 18.2 Å². The molecule has 7 heteroatoms. The summed E-state index contributed by atoms with van der Waals surface area (Å²) in [5.74, 6) is 1.28. The number of carbonyl (C=O) groups is 1. The summed E-state index contributed by atoms with van der Waals surface area (Å²) in [5.41, 5.74) is 2.09. The number of carbonyl (C=O) groups excluding carboxylic acids is 1. The SMILES string of the molecule is COc1cc(C)ccc1OCc1nc(C(=O)N(C)Cc2ccccn2)co1. The van der Waals surface area contributed by atoms with Crippen LogP contribution in [-0.4, -0.2) is 34.9 Å². The molecular formula is C20H21N3O4. The lowest BCUT2D eigenvalue weighted by Gasteiger charge is -2.14. The van der Waals surface area contributed by atoms with Gasteiger partial charge in [0.25, 0.3) is 5.91 Å². The fourth-order valence-electron chi connectivity index (χ4n) is 2.51. The van der Waals surface area contributed by atoms with Gasteiger partial charge < -0.3 is 18.8 Å². The Labute approximate surface area is 157 Å². The van der Waals surface area contributed by atoms with Crippen LogP contribution in [-0.2, 0) is 13.2 Å². The number of benzene rings is 1. The van der Waals surface area contributed by atoms with Crippen LogP contribution in [0.5, 0.6) is 11.5 Å². The number of aryl methyl sites for hydroxylation is 1. The van der Waals surface area contributed by atoms with Gasteiger partial charge in [-0.15, -0.1) is 0 Å². The Bertz CT molecular complexity index is 909. The number of ether oxygens (including phenoxy) is 2. The van der Waals surface area contributed by atoms with Crippen molar-refractivity contribution in [1.29, 1.82) is 0 Å². The largest absolute Gasteiger partial charge is 0.493 e. The van der Waals surface area contributed by atoms with Gasteiger partial charge in [0, 0.05) is 13.2 Å². The first kappa shape index (κ1) is 18.4. The average Bonchev–Trinajstić information content (AvgIpc) is 3.16. The molecule has 0 saturated carbocycles. The Morgan fingerprint density at radius 2 is 2.07 bits per heavy atom. The predicted molar refractivity (Wildman–Crippen MR) is 98.6 cm³/mol. The molecule has 140 valence electrons. The number of rotatable bonds is 7. The highest BCUT2D eigenvalue weighted by molar-refractivity contribution is 5.91. The fourth-order valence-corrected chi connectivity index (χ4v) is 2.51. The van der Waals surface area contributed by atoms with Gasteiger partial charge in [0.1, 0.15) is 6.26 Å². The Hall–Kier alpha value is -3.35. The van der Waals surface area contributed by atoms with Gasteiger partial charge in [-0.05, 0) is 36.8 Å². The molecule has 27 heavy (non-hydrogen) atoms. The topological polar surface area (TPSA) is 77.7 Å². The Morgan fingerprint density at radius 3 is 2.81 bits per heavy atom. The second-order valence-corrected chi connectivity index (χ2v) is 6.05. The van der Waals surface area contributed by atoms with Crippen molar-refractivity contribution in [1.82, 2.24) is 14.9 Å². The van der Waals surface area contributed by atoms with Crippen molar-refractivity contribution in [3.8, 4) is 11.5 Å². The van der Waals surface area contributed by atoms with Crippen LogP contribution < -0.4 is 9.47 Å². The molecule has 0 aliphatic rings. The minimum absolute atomic E-state index is 0.0939. The number of nitrogens with zero attached hydrogens (tertiary/aromatic N) is 3. The van der Waals surface area contributed by atoms with Crippen LogP contribution in [0.2, 0.25) is 0 Å². The van der Waals surface area contributed by atoms with Crippen molar-refractivity contribution in [3.63, 3.8) is 0 Å². The smallest absolute Gasteiger partial charge is 0.275 e. The first-order valence-electron chi connectivity index (χ1n) is 8.44. The van der Waals surface area contributed by atoms with E-state index in [2.05, 4.69) is 9.97 Å². The summed E-state index contributed by atoms with van der Waals surface area (Å²) < 4.78 is 16.4. The summed E-state index contributed by atoms with van der Waals surface area (Å²) in [6.45, 7) is 2.45. The average molecular weight is 367 g/mol. The molecule has 0 aliphatic carbocycles. The van der Waals surface area contributed by atoms with Crippen molar-refractivity contribution >= 4 is 5.91 Å². The maximum atomic E-state index is 12.5.